The van der Waals surface area contributed by atoms with Gasteiger partial charge in [0.15, 0.2) is 0 Å². The van der Waals surface area contributed by atoms with Crippen molar-refractivity contribution in [3.8, 4) is 0 Å². The van der Waals surface area contributed by atoms with Crippen LogP contribution in [0.2, 0.25) is 5.02 Å². The quantitative estimate of drug-likeness (QED) is 0.310. The normalized spacial score (nSPS) is 14.8. The second-order valence-corrected chi connectivity index (χ2v) is 12.3. The van der Waals surface area contributed by atoms with E-state index >= 15 is 0 Å². The first kappa shape index (κ1) is 29.6. The maximum Gasteiger partial charge on any atom is 0.264 e. The van der Waals surface area contributed by atoms with Gasteiger partial charge in [0.05, 0.1) is 15.6 Å². The zero-order chi connectivity index (χ0) is 28.5. The number of amides is 2. The SMILES string of the molecule is CCC(C(=O)NC1CCCCC1)N(Cc1ccccc1)C(=O)CN(c1ccccc1Cl)S(=O)(=O)c1ccccc1. The molecule has 1 N–H and O–H groups in total. The van der Waals surface area contributed by atoms with Crippen molar-refractivity contribution in [1.82, 2.24) is 10.2 Å². The standard InChI is InChI=1S/C31H36ClN3O4S/c1-2-28(31(37)33-25-16-8-4-9-17-25)34(22-24-14-6-3-7-15-24)30(36)23-35(29-21-13-12-20-27(29)32)40(38,39)26-18-10-5-11-19-26/h3,5-7,10-15,18-21,25,28H,2,4,8-9,16-17,22-23H2,1H3,(H,33,37). The lowest BCUT2D eigenvalue weighted by atomic mass is 9.95. The van der Waals surface area contributed by atoms with Gasteiger partial charge in [-0.05, 0) is 49.1 Å². The maximum atomic E-state index is 14.1. The molecule has 1 fully saturated rings. The van der Waals surface area contributed by atoms with Gasteiger partial charge in [-0.15, -0.1) is 0 Å². The number of carbonyl (C=O) groups excluding carboxylic acids is 2. The molecule has 0 radical (unpaired) electrons. The third kappa shape index (κ3) is 7.23. The van der Waals surface area contributed by atoms with Gasteiger partial charge in [0.2, 0.25) is 11.8 Å². The summed E-state index contributed by atoms with van der Waals surface area (Å²) in [6.07, 6.45) is 5.52. The Kier molecular flexibility index (Phi) is 10.2. The molecule has 1 aliphatic rings. The molecule has 212 valence electrons. The van der Waals surface area contributed by atoms with Crippen LogP contribution in [0.3, 0.4) is 0 Å². The molecule has 1 unspecified atom stereocenters. The van der Waals surface area contributed by atoms with Crippen molar-refractivity contribution in [3.63, 3.8) is 0 Å². The van der Waals surface area contributed by atoms with Gasteiger partial charge in [-0.25, -0.2) is 8.42 Å². The molecule has 4 rings (SSSR count). The molecule has 0 aromatic heterocycles. The first-order chi connectivity index (χ1) is 19.3. The van der Waals surface area contributed by atoms with E-state index in [-0.39, 0.29) is 34.1 Å². The van der Waals surface area contributed by atoms with E-state index in [0.29, 0.717) is 6.42 Å². The molecule has 40 heavy (non-hydrogen) atoms. The molecule has 2 amide bonds. The minimum absolute atomic E-state index is 0.0411. The number of hydrogen-bond acceptors (Lipinski definition) is 4. The van der Waals surface area contributed by atoms with Gasteiger partial charge < -0.3 is 10.2 Å². The van der Waals surface area contributed by atoms with E-state index in [0.717, 1.165) is 42.0 Å². The zero-order valence-corrected chi connectivity index (χ0v) is 24.3. The van der Waals surface area contributed by atoms with Crippen LogP contribution in [0.25, 0.3) is 0 Å². The van der Waals surface area contributed by atoms with Crippen molar-refractivity contribution in [2.24, 2.45) is 0 Å². The Bertz CT molecular complexity index is 1380. The number of carbonyl (C=O) groups is 2. The number of anilines is 1. The number of nitrogens with one attached hydrogen (secondary N) is 1. The molecule has 9 heteroatoms. The molecular formula is C31H36ClN3O4S. The van der Waals surface area contributed by atoms with Gasteiger partial charge in [-0.1, -0.05) is 98.5 Å². The second-order valence-electron chi connectivity index (χ2n) is 10.1. The first-order valence-electron chi connectivity index (χ1n) is 13.8. The predicted octanol–water partition coefficient (Wildman–Crippen LogP) is 5.79. The topological polar surface area (TPSA) is 86.8 Å². The van der Waals surface area contributed by atoms with Crippen LogP contribution >= 0.6 is 11.6 Å². The number of nitrogens with zero attached hydrogens (tertiary/aromatic N) is 2. The minimum Gasteiger partial charge on any atom is -0.352 e. The highest BCUT2D eigenvalue weighted by Gasteiger charge is 2.35. The molecule has 1 atom stereocenters. The summed E-state index contributed by atoms with van der Waals surface area (Å²) in [5.41, 5.74) is 1.04. The van der Waals surface area contributed by atoms with Crippen LogP contribution in [0.1, 0.15) is 51.0 Å². The van der Waals surface area contributed by atoms with E-state index in [4.69, 9.17) is 11.6 Å². The van der Waals surface area contributed by atoms with Crippen molar-refractivity contribution in [3.05, 3.63) is 95.5 Å². The minimum atomic E-state index is -4.15. The van der Waals surface area contributed by atoms with Gasteiger partial charge in [-0.3, -0.25) is 13.9 Å². The highest BCUT2D eigenvalue weighted by atomic mass is 35.5. The molecule has 1 aliphatic carbocycles. The third-order valence-corrected chi connectivity index (χ3v) is 9.36. The monoisotopic (exact) mass is 581 g/mol. The van der Waals surface area contributed by atoms with Crippen LogP contribution in [0.15, 0.2) is 89.8 Å². The summed E-state index contributed by atoms with van der Waals surface area (Å²) < 4.78 is 28.7. The van der Waals surface area contributed by atoms with Crippen molar-refractivity contribution >= 4 is 39.1 Å². The Labute approximate surface area is 242 Å². The van der Waals surface area contributed by atoms with E-state index in [1.165, 1.54) is 17.0 Å². The molecule has 0 bridgehead atoms. The summed E-state index contributed by atoms with van der Waals surface area (Å²) in [4.78, 5) is 29.2. The first-order valence-corrected chi connectivity index (χ1v) is 15.6. The lowest BCUT2D eigenvalue weighted by Gasteiger charge is -2.34. The molecule has 0 aliphatic heterocycles. The number of hydrogen-bond donors (Lipinski definition) is 1. The molecule has 7 nitrogen and oxygen atoms in total. The van der Waals surface area contributed by atoms with E-state index in [1.807, 2.05) is 37.3 Å². The average Bonchev–Trinajstić information content (AvgIpc) is 2.97. The fraction of sp³-hybridized carbons (Fsp3) is 0.355. The van der Waals surface area contributed by atoms with Crippen molar-refractivity contribution in [2.45, 2.75) is 69.0 Å². The van der Waals surface area contributed by atoms with E-state index in [1.54, 1.807) is 42.5 Å². The fourth-order valence-electron chi connectivity index (χ4n) is 5.13. The Morgan fingerprint density at radius 1 is 0.900 bits per heavy atom. The summed E-state index contributed by atoms with van der Waals surface area (Å²) in [5.74, 6) is -0.706. The molecule has 1 saturated carbocycles. The van der Waals surface area contributed by atoms with Crippen LogP contribution in [0.5, 0.6) is 0 Å². The van der Waals surface area contributed by atoms with Crippen LogP contribution < -0.4 is 9.62 Å². The van der Waals surface area contributed by atoms with Gasteiger partial charge in [0.25, 0.3) is 10.0 Å². The largest absolute Gasteiger partial charge is 0.352 e. The van der Waals surface area contributed by atoms with Crippen LogP contribution in [0.4, 0.5) is 5.69 Å². The highest BCUT2D eigenvalue weighted by Crippen LogP contribution is 2.31. The second kappa shape index (κ2) is 13.8. The Hall–Kier alpha value is -3.36. The molecule has 0 spiro atoms. The fourth-order valence-corrected chi connectivity index (χ4v) is 6.87. The predicted molar refractivity (Wildman–Crippen MR) is 159 cm³/mol. The summed E-state index contributed by atoms with van der Waals surface area (Å²) in [7, 11) is -4.15. The summed E-state index contributed by atoms with van der Waals surface area (Å²) in [5, 5.41) is 3.36. The lowest BCUT2D eigenvalue weighted by Crippen LogP contribution is -2.54. The molecular weight excluding hydrogens is 546 g/mol. The molecule has 0 saturated heterocycles. The van der Waals surface area contributed by atoms with Crippen LogP contribution in [-0.2, 0) is 26.2 Å². The van der Waals surface area contributed by atoms with Crippen LogP contribution in [0, 0.1) is 0 Å². The summed E-state index contributed by atoms with van der Waals surface area (Å²) in [6, 6.07) is 23.2. The van der Waals surface area contributed by atoms with Gasteiger partial charge in [0, 0.05) is 12.6 Å². The number of sulfonamides is 1. The highest BCUT2D eigenvalue weighted by molar-refractivity contribution is 7.92. The number of halogens is 1. The Morgan fingerprint density at radius 3 is 2.12 bits per heavy atom. The number of benzene rings is 3. The zero-order valence-electron chi connectivity index (χ0n) is 22.7. The average molecular weight is 582 g/mol. The molecule has 3 aromatic carbocycles. The van der Waals surface area contributed by atoms with Crippen molar-refractivity contribution in [1.29, 1.82) is 0 Å². The van der Waals surface area contributed by atoms with Gasteiger partial charge in [0.1, 0.15) is 12.6 Å². The van der Waals surface area contributed by atoms with Gasteiger partial charge >= 0.3 is 0 Å². The van der Waals surface area contributed by atoms with Crippen molar-refractivity contribution < 1.29 is 18.0 Å². The maximum absolute atomic E-state index is 14.1. The third-order valence-electron chi connectivity index (χ3n) is 7.26. The number of rotatable bonds is 11. The van der Waals surface area contributed by atoms with E-state index in [9.17, 15) is 18.0 Å². The van der Waals surface area contributed by atoms with Gasteiger partial charge in [-0.2, -0.15) is 0 Å². The Morgan fingerprint density at radius 2 is 1.50 bits per heavy atom. The molecule has 3 aromatic rings. The Balaban J connectivity index is 1.69. The summed E-state index contributed by atoms with van der Waals surface area (Å²) in [6.45, 7) is 1.52. The summed E-state index contributed by atoms with van der Waals surface area (Å²) >= 11 is 6.46. The van der Waals surface area contributed by atoms with Crippen LogP contribution in [-0.4, -0.2) is 43.8 Å². The van der Waals surface area contributed by atoms with E-state index < -0.39 is 28.5 Å². The van der Waals surface area contributed by atoms with E-state index in [2.05, 4.69) is 5.32 Å². The number of para-hydroxylation sites is 1. The van der Waals surface area contributed by atoms with Crippen molar-refractivity contribution in [2.75, 3.05) is 10.8 Å². The smallest absolute Gasteiger partial charge is 0.264 e. The molecule has 0 heterocycles. The lowest BCUT2D eigenvalue weighted by molar-refractivity contribution is -0.140.